The fourth-order valence-electron chi connectivity index (χ4n) is 2.48. The molecule has 1 saturated heterocycles. The third-order valence-electron chi connectivity index (χ3n) is 3.71. The van der Waals surface area contributed by atoms with Crippen LogP contribution < -0.4 is 10.6 Å². The van der Waals surface area contributed by atoms with E-state index in [0.717, 1.165) is 12.4 Å². The van der Waals surface area contributed by atoms with Gasteiger partial charge in [0, 0.05) is 37.6 Å². The minimum absolute atomic E-state index is 0.187. The highest BCUT2D eigenvalue weighted by Crippen LogP contribution is 2.17. The average molecular weight is 382 g/mol. The van der Waals surface area contributed by atoms with Gasteiger partial charge in [0.2, 0.25) is 0 Å². The molecule has 26 heavy (non-hydrogen) atoms. The Bertz CT molecular complexity index is 630. The van der Waals surface area contributed by atoms with Crippen LogP contribution in [0.25, 0.3) is 0 Å². The molecular formula is C18H31N5O2S. The molecule has 1 aliphatic heterocycles. The number of likely N-dealkylation sites (tertiary alicyclic amines) is 1. The zero-order chi connectivity index (χ0) is 19.3. The molecule has 2 heterocycles. The predicted octanol–water partition coefficient (Wildman–Crippen LogP) is 2.63. The molecule has 146 valence electrons. The number of amides is 1. The predicted molar refractivity (Wildman–Crippen MR) is 106 cm³/mol. The number of hydrogen-bond donors (Lipinski definition) is 2. The van der Waals surface area contributed by atoms with Crippen LogP contribution in [0.4, 0.5) is 4.79 Å². The Morgan fingerprint density at radius 1 is 1.46 bits per heavy atom. The summed E-state index contributed by atoms with van der Waals surface area (Å²) < 4.78 is 5.36. The summed E-state index contributed by atoms with van der Waals surface area (Å²) in [5.41, 5.74) is -0.462. The molecule has 2 N–H and O–H groups in total. The van der Waals surface area contributed by atoms with Crippen LogP contribution in [-0.2, 0) is 17.7 Å². The van der Waals surface area contributed by atoms with Crippen molar-refractivity contribution in [2.45, 2.75) is 59.2 Å². The highest BCUT2D eigenvalue weighted by molar-refractivity contribution is 7.11. The van der Waals surface area contributed by atoms with Gasteiger partial charge in [-0.3, -0.25) is 4.99 Å². The Kier molecular flexibility index (Phi) is 6.86. The molecule has 0 aliphatic carbocycles. The van der Waals surface area contributed by atoms with Gasteiger partial charge in [0.15, 0.2) is 5.96 Å². The topological polar surface area (TPSA) is 78.9 Å². The van der Waals surface area contributed by atoms with Gasteiger partial charge in [-0.2, -0.15) is 0 Å². The van der Waals surface area contributed by atoms with E-state index in [-0.39, 0.29) is 12.1 Å². The lowest BCUT2D eigenvalue weighted by Gasteiger charge is -2.40. The zero-order valence-electron chi connectivity index (χ0n) is 16.6. The first kappa shape index (κ1) is 20.5. The minimum atomic E-state index is -0.462. The largest absolute Gasteiger partial charge is 0.444 e. The van der Waals surface area contributed by atoms with Gasteiger partial charge in [-0.05, 0) is 26.7 Å². The summed E-state index contributed by atoms with van der Waals surface area (Å²) in [6.45, 7) is 11.9. The van der Waals surface area contributed by atoms with Gasteiger partial charge in [0.05, 0.1) is 17.6 Å². The molecule has 0 radical (unpaired) electrons. The standard InChI is InChI=1S/C18H31N5O2S/c1-12(2)7-15-20-8-14(26-15)9-21-16(19-6)22-13-10-23(11-13)17(24)25-18(3,4)5/h8,12-13H,7,9-11H2,1-6H3,(H2,19,21,22). The smallest absolute Gasteiger partial charge is 0.410 e. The van der Waals surface area contributed by atoms with Crippen LogP contribution in [0.15, 0.2) is 11.2 Å². The quantitative estimate of drug-likeness (QED) is 0.605. The Morgan fingerprint density at radius 2 is 2.15 bits per heavy atom. The van der Waals surface area contributed by atoms with E-state index < -0.39 is 5.60 Å². The molecule has 7 nitrogen and oxygen atoms in total. The van der Waals surface area contributed by atoms with E-state index in [1.807, 2.05) is 27.0 Å². The van der Waals surface area contributed by atoms with E-state index in [2.05, 4.69) is 34.5 Å². The molecule has 0 saturated carbocycles. The fraction of sp³-hybridized carbons (Fsp3) is 0.722. The van der Waals surface area contributed by atoms with Crippen molar-refractivity contribution in [2.24, 2.45) is 10.9 Å². The number of hydrogen-bond acceptors (Lipinski definition) is 5. The number of nitrogens with zero attached hydrogens (tertiary/aromatic N) is 3. The van der Waals surface area contributed by atoms with Gasteiger partial charge in [0.25, 0.3) is 0 Å². The lowest BCUT2D eigenvalue weighted by Crippen LogP contribution is -2.63. The van der Waals surface area contributed by atoms with Crippen molar-refractivity contribution < 1.29 is 9.53 Å². The second kappa shape index (κ2) is 8.70. The molecule has 1 aliphatic rings. The van der Waals surface area contributed by atoms with Crippen molar-refractivity contribution in [1.29, 1.82) is 0 Å². The second-order valence-corrected chi connectivity index (χ2v) is 9.17. The maximum absolute atomic E-state index is 12.0. The van der Waals surface area contributed by atoms with Gasteiger partial charge >= 0.3 is 6.09 Å². The number of nitrogens with one attached hydrogen (secondary N) is 2. The molecule has 1 aromatic heterocycles. The lowest BCUT2D eigenvalue weighted by atomic mass is 10.1. The van der Waals surface area contributed by atoms with Gasteiger partial charge in [-0.25, -0.2) is 9.78 Å². The monoisotopic (exact) mass is 381 g/mol. The third-order valence-corrected chi connectivity index (χ3v) is 4.73. The lowest BCUT2D eigenvalue weighted by molar-refractivity contribution is 0.00701. The van der Waals surface area contributed by atoms with Crippen LogP contribution in [0.2, 0.25) is 0 Å². The van der Waals surface area contributed by atoms with E-state index in [1.165, 1.54) is 9.88 Å². The zero-order valence-corrected chi connectivity index (χ0v) is 17.4. The molecule has 0 atom stereocenters. The van der Waals surface area contributed by atoms with Crippen LogP contribution in [0.1, 0.15) is 44.5 Å². The van der Waals surface area contributed by atoms with Crippen molar-refractivity contribution in [3.8, 4) is 0 Å². The summed E-state index contributed by atoms with van der Waals surface area (Å²) >= 11 is 1.74. The maximum Gasteiger partial charge on any atom is 0.410 e. The third kappa shape index (κ3) is 6.48. The van der Waals surface area contributed by atoms with Crippen molar-refractivity contribution in [2.75, 3.05) is 20.1 Å². The summed E-state index contributed by atoms with van der Waals surface area (Å²) in [5, 5.41) is 7.82. The number of rotatable bonds is 5. The molecule has 1 aromatic rings. The summed E-state index contributed by atoms with van der Waals surface area (Å²) in [4.78, 5) is 23.6. The van der Waals surface area contributed by atoms with Crippen LogP contribution in [0, 0.1) is 5.92 Å². The highest BCUT2D eigenvalue weighted by atomic mass is 32.1. The Labute approximate surface area is 160 Å². The summed E-state index contributed by atoms with van der Waals surface area (Å²) in [5.74, 6) is 1.35. The van der Waals surface area contributed by atoms with Gasteiger partial charge in [-0.1, -0.05) is 13.8 Å². The van der Waals surface area contributed by atoms with Crippen molar-refractivity contribution in [1.82, 2.24) is 20.5 Å². The van der Waals surface area contributed by atoms with Crippen LogP contribution >= 0.6 is 11.3 Å². The van der Waals surface area contributed by atoms with Gasteiger partial charge in [0.1, 0.15) is 5.60 Å². The van der Waals surface area contributed by atoms with Gasteiger partial charge < -0.3 is 20.3 Å². The first-order chi connectivity index (χ1) is 12.2. The molecular weight excluding hydrogens is 350 g/mol. The Balaban J connectivity index is 1.72. The van der Waals surface area contributed by atoms with Crippen molar-refractivity contribution in [3.05, 3.63) is 16.1 Å². The first-order valence-electron chi connectivity index (χ1n) is 9.05. The fourth-order valence-corrected chi connectivity index (χ4v) is 3.55. The number of guanidine groups is 1. The van der Waals surface area contributed by atoms with Crippen LogP contribution in [0.5, 0.6) is 0 Å². The van der Waals surface area contributed by atoms with Crippen molar-refractivity contribution in [3.63, 3.8) is 0 Å². The maximum atomic E-state index is 12.0. The second-order valence-electron chi connectivity index (χ2n) is 7.97. The number of aromatic nitrogens is 1. The SMILES string of the molecule is CN=C(NCc1cnc(CC(C)C)s1)NC1CN(C(=O)OC(C)(C)C)C1. The molecule has 1 fully saturated rings. The average Bonchev–Trinajstić information content (AvgIpc) is 2.90. The minimum Gasteiger partial charge on any atom is -0.444 e. The van der Waals surface area contributed by atoms with Crippen molar-refractivity contribution >= 4 is 23.4 Å². The van der Waals surface area contributed by atoms with E-state index >= 15 is 0 Å². The van der Waals surface area contributed by atoms with Crippen LogP contribution in [-0.4, -0.2) is 53.7 Å². The summed E-state index contributed by atoms with van der Waals surface area (Å²) in [6.07, 6.45) is 2.68. The van der Waals surface area contributed by atoms with Gasteiger partial charge in [-0.15, -0.1) is 11.3 Å². The molecule has 0 bridgehead atoms. The molecule has 0 spiro atoms. The molecule has 0 unspecified atom stereocenters. The summed E-state index contributed by atoms with van der Waals surface area (Å²) in [7, 11) is 1.75. The molecule has 0 aromatic carbocycles. The van der Waals surface area contributed by atoms with E-state index in [9.17, 15) is 4.79 Å². The number of ether oxygens (including phenoxy) is 1. The Hall–Kier alpha value is -1.83. The number of carbonyl (C=O) groups excluding carboxylic acids is 1. The normalized spacial score (nSPS) is 15.8. The molecule has 2 rings (SSSR count). The first-order valence-corrected chi connectivity index (χ1v) is 9.86. The number of aliphatic imine (C=N–C) groups is 1. The number of thiazole rings is 1. The molecule has 1 amide bonds. The number of carbonyl (C=O) groups is 1. The van der Waals surface area contributed by atoms with E-state index in [0.29, 0.717) is 25.6 Å². The van der Waals surface area contributed by atoms with Crippen LogP contribution in [0.3, 0.4) is 0 Å². The van der Waals surface area contributed by atoms with E-state index in [4.69, 9.17) is 4.74 Å². The molecule has 8 heteroatoms. The van der Waals surface area contributed by atoms with E-state index in [1.54, 1.807) is 23.3 Å². The highest BCUT2D eigenvalue weighted by Gasteiger charge is 2.34. The Morgan fingerprint density at radius 3 is 2.73 bits per heavy atom. The summed E-state index contributed by atoms with van der Waals surface area (Å²) in [6, 6.07) is 0.187.